The Bertz CT molecular complexity index is 627. The zero-order valence-corrected chi connectivity index (χ0v) is 12.4. The van der Waals surface area contributed by atoms with Crippen LogP contribution in [-0.4, -0.2) is 52.3 Å². The van der Waals surface area contributed by atoms with E-state index in [1.54, 1.807) is 30.3 Å². The van der Waals surface area contributed by atoms with Gasteiger partial charge in [-0.05, 0) is 30.9 Å². The van der Waals surface area contributed by atoms with Crippen LogP contribution in [0, 0.1) is 17.4 Å². The maximum absolute atomic E-state index is 11.8. The first-order valence-electron chi connectivity index (χ1n) is 7.48. The second kappa shape index (κ2) is 6.30. The van der Waals surface area contributed by atoms with Crippen molar-refractivity contribution < 1.29 is 29.6 Å². The van der Waals surface area contributed by atoms with Gasteiger partial charge in [0.2, 0.25) is 0 Å². The summed E-state index contributed by atoms with van der Waals surface area (Å²) in [5.74, 6) is 2.29. The molecule has 0 radical (unpaired) electrons. The molecule has 6 heteroatoms. The van der Waals surface area contributed by atoms with Gasteiger partial charge in [0.15, 0.2) is 0 Å². The minimum atomic E-state index is -1.26. The largest absolute Gasteiger partial charge is 0.388 e. The lowest BCUT2D eigenvalue weighted by molar-refractivity contribution is -0.198. The maximum Gasteiger partial charge on any atom is 0.352 e. The number of carbonyl (C=O) groups excluding carboxylic acids is 1. The Morgan fingerprint density at radius 3 is 2.52 bits per heavy atom. The number of ether oxygens (including phenoxy) is 2. The molecule has 0 amide bonds. The van der Waals surface area contributed by atoms with E-state index in [1.165, 1.54) is 0 Å². The zero-order valence-electron chi connectivity index (χ0n) is 12.4. The Labute approximate surface area is 133 Å². The van der Waals surface area contributed by atoms with Gasteiger partial charge in [0.05, 0.1) is 17.6 Å². The quantitative estimate of drug-likeness (QED) is 0.527. The Balaban J connectivity index is 1.65. The monoisotopic (exact) mass is 318 g/mol. The molecular weight excluding hydrogens is 300 g/mol. The number of aliphatic hydroxyl groups is 3. The third kappa shape index (κ3) is 3.23. The fourth-order valence-electron chi connectivity index (χ4n) is 2.71. The van der Waals surface area contributed by atoms with Gasteiger partial charge in [-0.2, -0.15) is 0 Å². The van der Waals surface area contributed by atoms with Crippen molar-refractivity contribution >= 4 is 5.97 Å². The van der Waals surface area contributed by atoms with Crippen molar-refractivity contribution in [1.82, 2.24) is 0 Å². The molecule has 1 aliphatic carbocycles. The van der Waals surface area contributed by atoms with Crippen LogP contribution in [0.2, 0.25) is 0 Å². The van der Waals surface area contributed by atoms with Gasteiger partial charge in [0.1, 0.15) is 30.5 Å². The summed E-state index contributed by atoms with van der Waals surface area (Å²) in [4.78, 5) is 11.8. The summed E-state index contributed by atoms with van der Waals surface area (Å²) in [5.41, 5.74) is -0.239. The van der Waals surface area contributed by atoms with Crippen LogP contribution in [0.3, 0.4) is 0 Å². The lowest BCUT2D eigenvalue weighted by atomic mass is 9.88. The van der Waals surface area contributed by atoms with Gasteiger partial charge >= 0.3 is 5.97 Å². The van der Waals surface area contributed by atoms with E-state index in [2.05, 4.69) is 12.0 Å². The summed E-state index contributed by atoms with van der Waals surface area (Å²) in [6, 6.07) is 8.51. The number of carbonyl (C=O) groups is 1. The summed E-state index contributed by atoms with van der Waals surface area (Å²) in [6.45, 7) is -0.0594. The molecular formula is C17H18O6. The molecule has 0 aromatic heterocycles. The summed E-state index contributed by atoms with van der Waals surface area (Å²) in [5, 5.41) is 29.3. The summed E-state index contributed by atoms with van der Waals surface area (Å²) < 4.78 is 10.4. The average molecular weight is 318 g/mol. The molecule has 2 fully saturated rings. The molecule has 1 aliphatic heterocycles. The van der Waals surface area contributed by atoms with Crippen LogP contribution in [0.5, 0.6) is 0 Å². The molecule has 2 aliphatic rings. The predicted molar refractivity (Wildman–Crippen MR) is 79.1 cm³/mol. The number of hydrogen-bond acceptors (Lipinski definition) is 6. The van der Waals surface area contributed by atoms with Crippen molar-refractivity contribution in [2.45, 2.75) is 37.3 Å². The highest BCUT2D eigenvalue weighted by atomic mass is 16.5. The second-order valence-corrected chi connectivity index (χ2v) is 5.94. The van der Waals surface area contributed by atoms with E-state index in [1.807, 2.05) is 0 Å². The van der Waals surface area contributed by atoms with Crippen LogP contribution in [0.25, 0.3) is 0 Å². The SMILES string of the molecule is O=C(OC#CC1([C@@H]2OC[C@@H](O)[C@H](O)[C@H]2O)CC1)c1ccccc1. The van der Waals surface area contributed by atoms with E-state index in [0.717, 1.165) is 0 Å². The Kier molecular flexibility index (Phi) is 4.37. The maximum atomic E-state index is 11.8. The van der Waals surface area contributed by atoms with Gasteiger partial charge in [0.25, 0.3) is 0 Å². The number of rotatable bonds is 2. The standard InChI is InChI=1S/C17H18O6/c18-12-10-23-15(14(20)13(12)19)17(6-7-17)8-9-22-16(21)11-4-2-1-3-5-11/h1-5,12-15,18-20H,6-7,10H2/t12-,13+,14-,15-/m1/s1. The highest BCUT2D eigenvalue weighted by Gasteiger charge is 2.56. The normalized spacial score (nSPS) is 31.6. The van der Waals surface area contributed by atoms with Crippen LogP contribution < -0.4 is 0 Å². The van der Waals surface area contributed by atoms with Crippen LogP contribution in [-0.2, 0) is 9.47 Å². The van der Waals surface area contributed by atoms with Gasteiger partial charge in [-0.25, -0.2) is 4.79 Å². The number of benzene rings is 1. The third-order valence-electron chi connectivity index (χ3n) is 4.29. The van der Waals surface area contributed by atoms with Crippen molar-refractivity contribution in [1.29, 1.82) is 0 Å². The van der Waals surface area contributed by atoms with Gasteiger partial charge in [-0.3, -0.25) is 0 Å². The molecule has 6 nitrogen and oxygen atoms in total. The predicted octanol–water partition coefficient (Wildman–Crippen LogP) is 0.0660. The summed E-state index contributed by atoms with van der Waals surface area (Å²) >= 11 is 0. The van der Waals surface area contributed by atoms with E-state index < -0.39 is 35.8 Å². The first-order valence-corrected chi connectivity index (χ1v) is 7.48. The van der Waals surface area contributed by atoms with Gasteiger partial charge in [0, 0.05) is 0 Å². The van der Waals surface area contributed by atoms with Crippen molar-refractivity contribution in [2.24, 2.45) is 5.41 Å². The molecule has 1 heterocycles. The molecule has 1 saturated carbocycles. The molecule has 122 valence electrons. The molecule has 1 aromatic rings. The fourth-order valence-corrected chi connectivity index (χ4v) is 2.71. The van der Waals surface area contributed by atoms with Crippen LogP contribution in [0.1, 0.15) is 23.2 Å². The Hall–Kier alpha value is -1.91. The Morgan fingerprint density at radius 1 is 1.17 bits per heavy atom. The van der Waals surface area contributed by atoms with Gasteiger partial charge in [-0.1, -0.05) is 18.2 Å². The number of aliphatic hydroxyl groups excluding tert-OH is 3. The summed E-state index contributed by atoms with van der Waals surface area (Å²) in [6.07, 6.45) is -0.557. The average Bonchev–Trinajstić information content (AvgIpc) is 3.34. The zero-order chi connectivity index (χ0) is 16.4. The molecule has 0 bridgehead atoms. The van der Waals surface area contributed by atoms with Crippen LogP contribution in [0.15, 0.2) is 30.3 Å². The van der Waals surface area contributed by atoms with Crippen molar-refractivity contribution in [3.63, 3.8) is 0 Å². The van der Waals surface area contributed by atoms with E-state index in [4.69, 9.17) is 9.47 Å². The van der Waals surface area contributed by atoms with Crippen LogP contribution in [0.4, 0.5) is 0 Å². The van der Waals surface area contributed by atoms with Crippen molar-refractivity contribution in [2.75, 3.05) is 6.61 Å². The molecule has 0 spiro atoms. The highest BCUT2D eigenvalue weighted by Crippen LogP contribution is 2.51. The molecule has 1 aromatic carbocycles. The minimum Gasteiger partial charge on any atom is -0.388 e. The molecule has 3 N–H and O–H groups in total. The second-order valence-electron chi connectivity index (χ2n) is 5.94. The van der Waals surface area contributed by atoms with E-state index in [9.17, 15) is 20.1 Å². The van der Waals surface area contributed by atoms with Gasteiger partial charge in [-0.15, -0.1) is 0 Å². The first kappa shape index (κ1) is 16.0. The fraction of sp³-hybridized carbons (Fsp3) is 0.471. The van der Waals surface area contributed by atoms with Crippen molar-refractivity contribution in [3.8, 4) is 12.0 Å². The lowest BCUT2D eigenvalue weighted by Gasteiger charge is -2.37. The molecule has 1 saturated heterocycles. The molecule has 0 unspecified atom stereocenters. The smallest absolute Gasteiger partial charge is 0.352 e. The van der Waals surface area contributed by atoms with E-state index in [-0.39, 0.29) is 6.61 Å². The first-order chi connectivity index (χ1) is 11.0. The third-order valence-corrected chi connectivity index (χ3v) is 4.29. The highest BCUT2D eigenvalue weighted by molar-refractivity contribution is 5.89. The minimum absolute atomic E-state index is 0.0594. The Morgan fingerprint density at radius 2 is 1.87 bits per heavy atom. The topological polar surface area (TPSA) is 96.2 Å². The number of esters is 1. The van der Waals surface area contributed by atoms with Crippen LogP contribution >= 0.6 is 0 Å². The molecule has 3 rings (SSSR count). The summed E-state index contributed by atoms with van der Waals surface area (Å²) in [7, 11) is 0. The lowest BCUT2D eigenvalue weighted by Crippen LogP contribution is -2.55. The van der Waals surface area contributed by atoms with E-state index in [0.29, 0.717) is 18.4 Å². The van der Waals surface area contributed by atoms with Gasteiger partial charge < -0.3 is 24.8 Å². The number of hydrogen-bond donors (Lipinski definition) is 3. The van der Waals surface area contributed by atoms with E-state index >= 15 is 0 Å². The van der Waals surface area contributed by atoms with Crippen molar-refractivity contribution in [3.05, 3.63) is 35.9 Å². The molecule has 4 atom stereocenters. The molecule has 23 heavy (non-hydrogen) atoms.